The first-order valence-corrected chi connectivity index (χ1v) is 6.29. The lowest BCUT2D eigenvalue weighted by molar-refractivity contribution is 0.575. The zero-order chi connectivity index (χ0) is 11.7. The predicted molar refractivity (Wildman–Crippen MR) is 69.3 cm³/mol. The molecule has 0 amide bonds. The van der Waals surface area contributed by atoms with Crippen molar-refractivity contribution in [3.8, 4) is 0 Å². The van der Waals surface area contributed by atoms with E-state index in [1.54, 1.807) is 0 Å². The molecule has 0 aliphatic heterocycles. The molecule has 2 N–H and O–H groups in total. The van der Waals surface area contributed by atoms with Crippen molar-refractivity contribution in [3.63, 3.8) is 0 Å². The number of unbranched alkanes of at least 4 members (excludes halogenated alkanes) is 5. The van der Waals surface area contributed by atoms with Crippen LogP contribution in [0.4, 0.5) is 0 Å². The van der Waals surface area contributed by atoms with Crippen molar-refractivity contribution in [2.45, 2.75) is 66.2 Å². The van der Waals surface area contributed by atoms with Gasteiger partial charge in [0.15, 0.2) is 0 Å². The van der Waals surface area contributed by atoms with Gasteiger partial charge in [-0.1, -0.05) is 59.8 Å². The lowest BCUT2D eigenvalue weighted by Gasteiger charge is -2.17. The van der Waals surface area contributed by atoms with E-state index in [4.69, 9.17) is 5.73 Å². The van der Waals surface area contributed by atoms with Crippen LogP contribution in [0.1, 0.15) is 66.2 Å². The highest BCUT2D eigenvalue weighted by Crippen LogP contribution is 2.13. The summed E-state index contributed by atoms with van der Waals surface area (Å²) < 4.78 is 0. The number of amidine groups is 1. The minimum atomic E-state index is 0.0300. The smallest absolute Gasteiger partial charge is 0.0991 e. The highest BCUT2D eigenvalue weighted by atomic mass is 14.9. The standard InChI is InChI=1S/C13H28N2/c1-5-6-7-8-9-10-11-15-12(14)13(2,3)4/h5-11H2,1-4H3,(H2,14,15). The van der Waals surface area contributed by atoms with Crippen molar-refractivity contribution < 1.29 is 0 Å². The van der Waals surface area contributed by atoms with Gasteiger partial charge >= 0.3 is 0 Å². The summed E-state index contributed by atoms with van der Waals surface area (Å²) >= 11 is 0. The second kappa shape index (κ2) is 7.72. The molecule has 0 atom stereocenters. The van der Waals surface area contributed by atoms with Crippen LogP contribution >= 0.6 is 0 Å². The van der Waals surface area contributed by atoms with Crippen LogP contribution in [0.15, 0.2) is 4.99 Å². The molecule has 0 aromatic heterocycles. The Labute approximate surface area is 95.4 Å². The van der Waals surface area contributed by atoms with Gasteiger partial charge in [-0.3, -0.25) is 4.99 Å². The number of rotatable bonds is 7. The monoisotopic (exact) mass is 212 g/mol. The Morgan fingerprint density at radius 3 is 2.07 bits per heavy atom. The molecule has 90 valence electrons. The Hall–Kier alpha value is -0.530. The first-order chi connectivity index (χ1) is 6.98. The molecular formula is C13H28N2. The van der Waals surface area contributed by atoms with Gasteiger partial charge in [0.25, 0.3) is 0 Å². The second-order valence-corrected chi connectivity index (χ2v) is 5.28. The molecule has 0 rings (SSSR count). The molecule has 2 nitrogen and oxygen atoms in total. The van der Waals surface area contributed by atoms with Gasteiger partial charge < -0.3 is 5.73 Å². The van der Waals surface area contributed by atoms with Crippen LogP contribution in [0.5, 0.6) is 0 Å². The molecule has 0 saturated carbocycles. The molecule has 0 unspecified atom stereocenters. The number of hydrogen-bond acceptors (Lipinski definition) is 1. The van der Waals surface area contributed by atoms with Crippen LogP contribution in [0.2, 0.25) is 0 Å². The Morgan fingerprint density at radius 2 is 1.53 bits per heavy atom. The van der Waals surface area contributed by atoms with Crippen molar-refractivity contribution in [3.05, 3.63) is 0 Å². The topological polar surface area (TPSA) is 38.4 Å². The molecule has 0 aromatic rings. The van der Waals surface area contributed by atoms with Crippen molar-refractivity contribution in [1.29, 1.82) is 0 Å². The molecule has 2 heteroatoms. The molecule has 0 saturated heterocycles. The quantitative estimate of drug-likeness (QED) is 0.389. The maximum atomic E-state index is 5.86. The third-order valence-corrected chi connectivity index (χ3v) is 2.56. The van der Waals surface area contributed by atoms with Gasteiger partial charge in [-0.05, 0) is 6.42 Å². The van der Waals surface area contributed by atoms with Gasteiger partial charge in [0.05, 0.1) is 5.84 Å². The minimum absolute atomic E-state index is 0.0300. The van der Waals surface area contributed by atoms with E-state index in [2.05, 4.69) is 32.7 Å². The van der Waals surface area contributed by atoms with Crippen LogP contribution in [0.25, 0.3) is 0 Å². The highest BCUT2D eigenvalue weighted by Gasteiger charge is 2.14. The summed E-state index contributed by atoms with van der Waals surface area (Å²) in [4.78, 5) is 4.41. The fourth-order valence-electron chi connectivity index (χ4n) is 1.33. The lowest BCUT2D eigenvalue weighted by atomic mass is 9.95. The molecule has 0 radical (unpaired) electrons. The van der Waals surface area contributed by atoms with Crippen LogP contribution in [-0.4, -0.2) is 12.4 Å². The number of hydrogen-bond donors (Lipinski definition) is 1. The van der Waals surface area contributed by atoms with E-state index in [0.717, 1.165) is 12.4 Å². The van der Waals surface area contributed by atoms with Gasteiger partial charge in [-0.2, -0.15) is 0 Å². The van der Waals surface area contributed by atoms with Gasteiger partial charge in [-0.15, -0.1) is 0 Å². The van der Waals surface area contributed by atoms with Crippen molar-refractivity contribution in [2.24, 2.45) is 16.1 Å². The molecular weight excluding hydrogens is 184 g/mol. The van der Waals surface area contributed by atoms with Crippen molar-refractivity contribution in [1.82, 2.24) is 0 Å². The summed E-state index contributed by atoms with van der Waals surface area (Å²) in [5, 5.41) is 0. The number of nitrogens with zero attached hydrogens (tertiary/aromatic N) is 1. The maximum Gasteiger partial charge on any atom is 0.0991 e. The minimum Gasteiger partial charge on any atom is -0.387 e. The highest BCUT2D eigenvalue weighted by molar-refractivity contribution is 5.85. The first-order valence-electron chi connectivity index (χ1n) is 6.29. The van der Waals surface area contributed by atoms with E-state index in [9.17, 15) is 0 Å². The summed E-state index contributed by atoms with van der Waals surface area (Å²) in [5.41, 5.74) is 5.89. The largest absolute Gasteiger partial charge is 0.387 e. The first kappa shape index (κ1) is 14.5. The number of aliphatic imine (C=N–C) groups is 1. The fourth-order valence-corrected chi connectivity index (χ4v) is 1.33. The summed E-state index contributed by atoms with van der Waals surface area (Å²) in [7, 11) is 0. The van der Waals surface area contributed by atoms with Crippen molar-refractivity contribution >= 4 is 5.84 Å². The lowest BCUT2D eigenvalue weighted by Crippen LogP contribution is -2.29. The van der Waals surface area contributed by atoms with E-state index in [0.29, 0.717) is 0 Å². The second-order valence-electron chi connectivity index (χ2n) is 5.28. The number of nitrogens with two attached hydrogens (primary N) is 1. The van der Waals surface area contributed by atoms with Crippen molar-refractivity contribution in [2.75, 3.05) is 6.54 Å². The van der Waals surface area contributed by atoms with Gasteiger partial charge in [0, 0.05) is 12.0 Å². The molecule has 0 aliphatic rings. The molecule has 0 bridgehead atoms. The third-order valence-electron chi connectivity index (χ3n) is 2.56. The third kappa shape index (κ3) is 8.46. The maximum absolute atomic E-state index is 5.86. The van der Waals surface area contributed by atoms with E-state index in [1.165, 1.54) is 38.5 Å². The molecule has 0 spiro atoms. The summed E-state index contributed by atoms with van der Waals surface area (Å²) in [5.74, 6) is 0.788. The Kier molecular flexibility index (Phi) is 7.45. The molecule has 0 fully saturated rings. The zero-order valence-electron chi connectivity index (χ0n) is 11.0. The van der Waals surface area contributed by atoms with E-state index >= 15 is 0 Å². The van der Waals surface area contributed by atoms with E-state index < -0.39 is 0 Å². The van der Waals surface area contributed by atoms with Crippen LogP contribution < -0.4 is 5.73 Å². The van der Waals surface area contributed by atoms with E-state index in [1.807, 2.05) is 0 Å². The molecule has 15 heavy (non-hydrogen) atoms. The Morgan fingerprint density at radius 1 is 1.00 bits per heavy atom. The average Bonchev–Trinajstić information content (AvgIpc) is 2.14. The summed E-state index contributed by atoms with van der Waals surface area (Å²) in [6.45, 7) is 9.46. The average molecular weight is 212 g/mol. The van der Waals surface area contributed by atoms with Crippen LogP contribution in [-0.2, 0) is 0 Å². The molecule has 0 aliphatic carbocycles. The van der Waals surface area contributed by atoms with Crippen LogP contribution in [0, 0.1) is 5.41 Å². The Bertz CT molecular complexity index is 177. The van der Waals surface area contributed by atoms with Gasteiger partial charge in [0.1, 0.15) is 0 Å². The van der Waals surface area contributed by atoms with Gasteiger partial charge in [-0.25, -0.2) is 0 Å². The Balaban J connectivity index is 3.45. The summed E-state index contributed by atoms with van der Waals surface area (Å²) in [6.07, 6.45) is 7.87. The van der Waals surface area contributed by atoms with Gasteiger partial charge in [0.2, 0.25) is 0 Å². The SMILES string of the molecule is CCCCCCCCN=C(N)C(C)(C)C. The summed E-state index contributed by atoms with van der Waals surface area (Å²) in [6, 6.07) is 0. The fraction of sp³-hybridized carbons (Fsp3) is 0.923. The molecule has 0 aromatic carbocycles. The molecule has 0 heterocycles. The van der Waals surface area contributed by atoms with E-state index in [-0.39, 0.29) is 5.41 Å². The van der Waals surface area contributed by atoms with Crippen LogP contribution in [0.3, 0.4) is 0 Å². The predicted octanol–water partition coefficient (Wildman–Crippen LogP) is 3.75. The normalized spacial score (nSPS) is 13.2. The zero-order valence-corrected chi connectivity index (χ0v) is 11.0.